The summed E-state index contributed by atoms with van der Waals surface area (Å²) in [5, 5.41) is 0. The Labute approximate surface area is 101 Å². The summed E-state index contributed by atoms with van der Waals surface area (Å²) >= 11 is 0. The number of hydrogen-bond acceptors (Lipinski definition) is 3. The second kappa shape index (κ2) is 5.01. The minimum Gasteiger partial charge on any atom is -0.496 e. The quantitative estimate of drug-likeness (QED) is 0.847. The molecule has 1 aromatic heterocycles. The Morgan fingerprint density at radius 3 is 2.82 bits per heavy atom. The maximum absolute atomic E-state index is 5.53. The second-order valence-electron chi connectivity index (χ2n) is 3.83. The number of nitrogens with zero attached hydrogens (tertiary/aromatic N) is 1. The van der Waals surface area contributed by atoms with E-state index >= 15 is 0 Å². The van der Waals surface area contributed by atoms with Gasteiger partial charge in [0.25, 0.3) is 0 Å². The maximum atomic E-state index is 5.53. The molecule has 0 aliphatic rings. The Bertz CT molecular complexity index is 505. The van der Waals surface area contributed by atoms with Crippen LogP contribution >= 0.6 is 0 Å². The number of imidazole rings is 1. The zero-order valence-corrected chi connectivity index (χ0v) is 10.2. The van der Waals surface area contributed by atoms with Gasteiger partial charge in [-0.15, -0.1) is 0 Å². The fourth-order valence-corrected chi connectivity index (χ4v) is 1.84. The van der Waals surface area contributed by atoms with Crippen molar-refractivity contribution in [3.8, 4) is 17.0 Å². The number of nitrogens with one attached hydrogen (secondary N) is 1. The SMILES string of the molecule is CCc1cc(-c2cnc(CN)[nH]2)ccc1OC. The Hall–Kier alpha value is -1.81. The van der Waals surface area contributed by atoms with Crippen molar-refractivity contribution in [3.05, 3.63) is 35.8 Å². The highest BCUT2D eigenvalue weighted by Crippen LogP contribution is 2.25. The van der Waals surface area contributed by atoms with E-state index in [0.717, 1.165) is 29.3 Å². The van der Waals surface area contributed by atoms with E-state index in [1.807, 2.05) is 18.3 Å². The lowest BCUT2D eigenvalue weighted by Crippen LogP contribution is -1.97. The summed E-state index contributed by atoms with van der Waals surface area (Å²) in [7, 11) is 1.69. The van der Waals surface area contributed by atoms with Crippen molar-refractivity contribution in [2.24, 2.45) is 5.73 Å². The molecule has 0 fully saturated rings. The van der Waals surface area contributed by atoms with E-state index in [1.54, 1.807) is 7.11 Å². The standard InChI is InChI=1S/C13H17N3O/c1-3-9-6-10(4-5-12(9)17-2)11-8-15-13(7-14)16-11/h4-6,8H,3,7,14H2,1-2H3,(H,15,16). The molecule has 0 radical (unpaired) electrons. The van der Waals surface area contributed by atoms with Crippen LogP contribution in [0.15, 0.2) is 24.4 Å². The number of ether oxygens (including phenoxy) is 1. The second-order valence-corrected chi connectivity index (χ2v) is 3.83. The van der Waals surface area contributed by atoms with Gasteiger partial charge in [0, 0.05) is 5.56 Å². The number of aryl methyl sites for hydroxylation is 1. The van der Waals surface area contributed by atoms with E-state index in [9.17, 15) is 0 Å². The molecule has 4 nitrogen and oxygen atoms in total. The Morgan fingerprint density at radius 2 is 2.24 bits per heavy atom. The number of aromatic nitrogens is 2. The molecule has 17 heavy (non-hydrogen) atoms. The summed E-state index contributed by atoms with van der Waals surface area (Å²) in [6.07, 6.45) is 2.75. The zero-order chi connectivity index (χ0) is 12.3. The molecule has 90 valence electrons. The molecule has 3 N–H and O–H groups in total. The van der Waals surface area contributed by atoms with Gasteiger partial charge in [-0.2, -0.15) is 0 Å². The fourth-order valence-electron chi connectivity index (χ4n) is 1.84. The molecule has 0 atom stereocenters. The first-order valence-corrected chi connectivity index (χ1v) is 5.69. The third-order valence-electron chi connectivity index (χ3n) is 2.79. The number of aromatic amines is 1. The van der Waals surface area contributed by atoms with E-state index in [1.165, 1.54) is 5.56 Å². The van der Waals surface area contributed by atoms with Crippen LogP contribution in [0.3, 0.4) is 0 Å². The lowest BCUT2D eigenvalue weighted by atomic mass is 10.1. The van der Waals surface area contributed by atoms with Crippen molar-refractivity contribution in [2.45, 2.75) is 19.9 Å². The van der Waals surface area contributed by atoms with Crippen molar-refractivity contribution >= 4 is 0 Å². The van der Waals surface area contributed by atoms with Crippen LogP contribution in [0.4, 0.5) is 0 Å². The van der Waals surface area contributed by atoms with Gasteiger partial charge in [0.2, 0.25) is 0 Å². The summed E-state index contributed by atoms with van der Waals surface area (Å²) in [6, 6.07) is 6.12. The van der Waals surface area contributed by atoms with Gasteiger partial charge in [-0.05, 0) is 30.2 Å². The number of H-pyrrole nitrogens is 1. The van der Waals surface area contributed by atoms with Gasteiger partial charge < -0.3 is 15.5 Å². The summed E-state index contributed by atoms with van der Waals surface area (Å²) in [5.41, 5.74) is 8.81. The van der Waals surface area contributed by atoms with E-state index in [4.69, 9.17) is 10.5 Å². The van der Waals surface area contributed by atoms with E-state index in [0.29, 0.717) is 6.54 Å². The van der Waals surface area contributed by atoms with Gasteiger partial charge in [0.15, 0.2) is 0 Å². The topological polar surface area (TPSA) is 63.9 Å². The molecular formula is C13H17N3O. The van der Waals surface area contributed by atoms with Crippen molar-refractivity contribution < 1.29 is 4.74 Å². The van der Waals surface area contributed by atoms with Crippen LogP contribution in [-0.4, -0.2) is 17.1 Å². The number of methoxy groups -OCH3 is 1. The van der Waals surface area contributed by atoms with Crippen LogP contribution in [0.25, 0.3) is 11.3 Å². The predicted octanol–water partition coefficient (Wildman–Crippen LogP) is 2.11. The molecule has 0 saturated heterocycles. The highest BCUT2D eigenvalue weighted by molar-refractivity contribution is 5.61. The molecule has 1 heterocycles. The number of rotatable bonds is 4. The van der Waals surface area contributed by atoms with Gasteiger partial charge in [-0.1, -0.05) is 6.92 Å². The third kappa shape index (κ3) is 2.31. The van der Waals surface area contributed by atoms with Crippen molar-refractivity contribution in [2.75, 3.05) is 7.11 Å². The molecule has 0 aliphatic carbocycles. The molecule has 2 rings (SSSR count). The summed E-state index contributed by atoms with van der Waals surface area (Å²) < 4.78 is 5.31. The number of hydrogen-bond donors (Lipinski definition) is 2. The number of nitrogens with two attached hydrogens (primary N) is 1. The van der Waals surface area contributed by atoms with Gasteiger partial charge >= 0.3 is 0 Å². The van der Waals surface area contributed by atoms with Crippen LogP contribution in [0.5, 0.6) is 5.75 Å². The molecule has 2 aromatic rings. The molecule has 0 aliphatic heterocycles. The Morgan fingerprint density at radius 1 is 1.41 bits per heavy atom. The molecule has 0 spiro atoms. The Balaban J connectivity index is 2.38. The van der Waals surface area contributed by atoms with Gasteiger partial charge in [-0.3, -0.25) is 0 Å². The minimum atomic E-state index is 0.427. The summed E-state index contributed by atoms with van der Waals surface area (Å²) in [5.74, 6) is 1.73. The average molecular weight is 231 g/mol. The first kappa shape index (κ1) is 11.7. The van der Waals surface area contributed by atoms with E-state index in [-0.39, 0.29) is 0 Å². The molecule has 0 unspecified atom stereocenters. The molecule has 0 bridgehead atoms. The molecule has 0 amide bonds. The lowest BCUT2D eigenvalue weighted by Gasteiger charge is -2.08. The number of benzene rings is 1. The van der Waals surface area contributed by atoms with Gasteiger partial charge in [0.05, 0.1) is 25.5 Å². The summed E-state index contributed by atoms with van der Waals surface area (Å²) in [4.78, 5) is 7.39. The lowest BCUT2D eigenvalue weighted by molar-refractivity contribution is 0.410. The van der Waals surface area contributed by atoms with Crippen LogP contribution in [0.1, 0.15) is 18.3 Å². The van der Waals surface area contributed by atoms with Crippen molar-refractivity contribution in [3.63, 3.8) is 0 Å². The fraction of sp³-hybridized carbons (Fsp3) is 0.308. The average Bonchev–Trinajstić information content (AvgIpc) is 2.86. The highest BCUT2D eigenvalue weighted by Gasteiger charge is 2.06. The third-order valence-corrected chi connectivity index (χ3v) is 2.79. The van der Waals surface area contributed by atoms with E-state index in [2.05, 4.69) is 23.0 Å². The van der Waals surface area contributed by atoms with Crippen LogP contribution in [0, 0.1) is 0 Å². The van der Waals surface area contributed by atoms with Crippen molar-refractivity contribution in [1.82, 2.24) is 9.97 Å². The minimum absolute atomic E-state index is 0.427. The smallest absolute Gasteiger partial charge is 0.122 e. The Kier molecular flexibility index (Phi) is 3.44. The zero-order valence-electron chi connectivity index (χ0n) is 10.2. The molecule has 1 aromatic carbocycles. The normalized spacial score (nSPS) is 10.5. The first-order chi connectivity index (χ1) is 8.28. The predicted molar refractivity (Wildman–Crippen MR) is 67.8 cm³/mol. The molecular weight excluding hydrogens is 214 g/mol. The summed E-state index contributed by atoms with van der Waals surface area (Å²) in [6.45, 7) is 2.54. The maximum Gasteiger partial charge on any atom is 0.122 e. The van der Waals surface area contributed by atoms with Crippen LogP contribution in [0.2, 0.25) is 0 Å². The van der Waals surface area contributed by atoms with Gasteiger partial charge in [-0.25, -0.2) is 4.98 Å². The van der Waals surface area contributed by atoms with Crippen LogP contribution in [-0.2, 0) is 13.0 Å². The molecule has 4 heteroatoms. The van der Waals surface area contributed by atoms with Crippen molar-refractivity contribution in [1.29, 1.82) is 0 Å². The van der Waals surface area contributed by atoms with E-state index < -0.39 is 0 Å². The van der Waals surface area contributed by atoms with Gasteiger partial charge in [0.1, 0.15) is 11.6 Å². The highest BCUT2D eigenvalue weighted by atomic mass is 16.5. The first-order valence-electron chi connectivity index (χ1n) is 5.69. The van der Waals surface area contributed by atoms with Crippen LogP contribution < -0.4 is 10.5 Å². The largest absolute Gasteiger partial charge is 0.496 e. The monoisotopic (exact) mass is 231 g/mol. The molecule has 0 saturated carbocycles.